The van der Waals surface area contributed by atoms with Crippen LogP contribution < -0.4 is 15.0 Å². The molecule has 1 aliphatic carbocycles. The summed E-state index contributed by atoms with van der Waals surface area (Å²) in [5.74, 6) is 0. The molecule has 0 unspecified atom stereocenters. The molecule has 0 N–H and O–H groups in total. The third kappa shape index (κ3) is 4.12. The molecule has 0 atom stereocenters. The Labute approximate surface area is 247 Å². The molecular formula is C40H32N2. The molecule has 42 heavy (non-hydrogen) atoms. The van der Waals surface area contributed by atoms with Crippen LogP contribution in [-0.2, 0) is 6.42 Å². The van der Waals surface area contributed by atoms with Crippen molar-refractivity contribution in [3.8, 4) is 0 Å². The summed E-state index contributed by atoms with van der Waals surface area (Å²) in [5.41, 5.74) is 6.79. The quantitative estimate of drug-likeness (QED) is 0.113. The molecule has 0 radical (unpaired) electrons. The standard InChI is InChI=1S/C40H32N2/c1-4-13-29(5-2)42(31-16-7-6-8-17-31)32-24-22-30(23-25-32)41(3)38-27-26-36-34-19-11-15-28-14-9-10-18-33(39(28)34)35-20-12-21-37(38)40(35)36/h4-13,15-27H,1-2,14H2,3H3/b29-13+. The highest BCUT2D eigenvalue weighted by Crippen LogP contribution is 2.40. The molecule has 0 aliphatic heterocycles. The smallest absolute Gasteiger partial charge is 0.0488 e. The molecule has 2 heteroatoms. The van der Waals surface area contributed by atoms with E-state index in [0.717, 1.165) is 29.2 Å². The Balaban J connectivity index is 1.35. The zero-order valence-electron chi connectivity index (χ0n) is 23.8. The molecule has 0 fully saturated rings. The van der Waals surface area contributed by atoms with Gasteiger partial charge in [0.1, 0.15) is 0 Å². The first-order chi connectivity index (χ1) is 20.7. The van der Waals surface area contributed by atoms with Gasteiger partial charge in [0.2, 0.25) is 0 Å². The Morgan fingerprint density at radius 1 is 0.667 bits per heavy atom. The van der Waals surface area contributed by atoms with E-state index in [2.05, 4.69) is 145 Å². The van der Waals surface area contributed by atoms with Crippen LogP contribution in [0, 0.1) is 0 Å². The molecule has 0 amide bonds. The van der Waals surface area contributed by atoms with E-state index in [9.17, 15) is 0 Å². The molecule has 6 aromatic rings. The van der Waals surface area contributed by atoms with Gasteiger partial charge in [0.05, 0.1) is 0 Å². The van der Waals surface area contributed by atoms with Gasteiger partial charge in [-0.1, -0.05) is 98.1 Å². The summed E-state index contributed by atoms with van der Waals surface area (Å²) < 4.78 is 0. The molecule has 0 spiro atoms. The number of rotatable bonds is 7. The Hall–Kier alpha value is -5.34. The first kappa shape index (κ1) is 25.6. The van der Waals surface area contributed by atoms with Crippen molar-refractivity contribution in [2.45, 2.75) is 6.42 Å². The maximum atomic E-state index is 4.06. The van der Waals surface area contributed by atoms with Gasteiger partial charge in [0.25, 0.3) is 0 Å². The zero-order valence-corrected chi connectivity index (χ0v) is 23.8. The summed E-state index contributed by atoms with van der Waals surface area (Å²) in [7, 11) is 2.16. The SMILES string of the molecule is C=C/C=C(\C=C)N(c1ccccc1)c1ccc(N(C)c2ccc3c4cccc5c4c(c4cccc2c43)=CC=CC5)cc1. The average molecular weight is 541 g/mol. The van der Waals surface area contributed by atoms with Crippen molar-refractivity contribution in [1.82, 2.24) is 0 Å². The Morgan fingerprint density at radius 3 is 2.14 bits per heavy atom. The lowest BCUT2D eigenvalue weighted by molar-refractivity contribution is 1.19. The van der Waals surface area contributed by atoms with Crippen molar-refractivity contribution in [2.75, 3.05) is 16.8 Å². The molecule has 0 saturated carbocycles. The van der Waals surface area contributed by atoms with E-state index in [4.69, 9.17) is 0 Å². The molecular weight excluding hydrogens is 508 g/mol. The predicted molar refractivity (Wildman–Crippen MR) is 183 cm³/mol. The molecule has 6 aromatic carbocycles. The van der Waals surface area contributed by atoms with Gasteiger partial charge in [0.15, 0.2) is 0 Å². The largest absolute Gasteiger partial charge is 0.344 e. The Bertz CT molecular complexity index is 2100. The Morgan fingerprint density at radius 2 is 1.36 bits per heavy atom. The average Bonchev–Trinajstić information content (AvgIpc) is 3.27. The number of allylic oxidation sites excluding steroid dienone is 5. The second kappa shape index (κ2) is 10.6. The van der Waals surface area contributed by atoms with Crippen LogP contribution in [0.1, 0.15) is 5.56 Å². The lowest BCUT2D eigenvalue weighted by atomic mass is 9.90. The van der Waals surface area contributed by atoms with Gasteiger partial charge in [-0.2, -0.15) is 0 Å². The van der Waals surface area contributed by atoms with Gasteiger partial charge in [-0.15, -0.1) is 0 Å². The van der Waals surface area contributed by atoms with E-state index in [1.54, 1.807) is 6.08 Å². The summed E-state index contributed by atoms with van der Waals surface area (Å²) in [6.45, 7) is 7.96. The van der Waals surface area contributed by atoms with Crippen molar-refractivity contribution in [2.24, 2.45) is 0 Å². The highest BCUT2D eigenvalue weighted by atomic mass is 15.1. The molecule has 0 aromatic heterocycles. The molecule has 0 bridgehead atoms. The number of anilines is 4. The van der Waals surface area contributed by atoms with Crippen molar-refractivity contribution in [1.29, 1.82) is 0 Å². The summed E-state index contributed by atoms with van der Waals surface area (Å²) in [4.78, 5) is 4.49. The number of nitrogens with zero attached hydrogens (tertiary/aromatic N) is 2. The number of hydrogen-bond acceptors (Lipinski definition) is 2. The summed E-state index contributed by atoms with van der Waals surface area (Å²) in [6, 6.07) is 37.2. The lowest BCUT2D eigenvalue weighted by Crippen LogP contribution is -2.15. The molecule has 0 heterocycles. The summed E-state index contributed by atoms with van der Waals surface area (Å²) >= 11 is 0. The fourth-order valence-corrected chi connectivity index (χ4v) is 6.46. The van der Waals surface area contributed by atoms with Gasteiger partial charge in [-0.05, 0) is 98.8 Å². The van der Waals surface area contributed by atoms with Gasteiger partial charge in [-0.3, -0.25) is 0 Å². The van der Waals surface area contributed by atoms with Crippen LogP contribution in [-0.4, -0.2) is 7.05 Å². The van der Waals surface area contributed by atoms with E-state index >= 15 is 0 Å². The van der Waals surface area contributed by atoms with E-state index in [1.165, 1.54) is 48.8 Å². The van der Waals surface area contributed by atoms with Gasteiger partial charge in [0, 0.05) is 40.9 Å². The van der Waals surface area contributed by atoms with Crippen molar-refractivity contribution < 1.29 is 0 Å². The third-order valence-corrected chi connectivity index (χ3v) is 8.38. The molecule has 202 valence electrons. The maximum absolute atomic E-state index is 4.06. The van der Waals surface area contributed by atoms with Crippen LogP contribution in [0.2, 0.25) is 0 Å². The fraction of sp³-hybridized carbons (Fsp3) is 0.0500. The first-order valence-corrected chi connectivity index (χ1v) is 14.4. The first-order valence-electron chi connectivity index (χ1n) is 14.4. The van der Waals surface area contributed by atoms with Crippen LogP contribution in [0.3, 0.4) is 0 Å². The second-order valence-electron chi connectivity index (χ2n) is 10.7. The Kier molecular flexibility index (Phi) is 6.45. The van der Waals surface area contributed by atoms with Crippen LogP contribution in [0.5, 0.6) is 0 Å². The van der Waals surface area contributed by atoms with Crippen LogP contribution >= 0.6 is 0 Å². The summed E-state index contributed by atoms with van der Waals surface area (Å²) in [6.07, 6.45) is 13.4. The summed E-state index contributed by atoms with van der Waals surface area (Å²) in [5, 5.41) is 9.24. The maximum Gasteiger partial charge on any atom is 0.0488 e. The number of hydrogen-bond donors (Lipinski definition) is 0. The minimum atomic E-state index is 0.963. The van der Waals surface area contributed by atoms with Gasteiger partial charge >= 0.3 is 0 Å². The minimum Gasteiger partial charge on any atom is -0.344 e. The van der Waals surface area contributed by atoms with Gasteiger partial charge in [-0.25, -0.2) is 0 Å². The molecule has 0 saturated heterocycles. The van der Waals surface area contributed by atoms with E-state index < -0.39 is 0 Å². The number of fused-ring (bicyclic) bond motifs is 2. The van der Waals surface area contributed by atoms with Crippen LogP contribution in [0.25, 0.3) is 38.4 Å². The number of benzene rings is 6. The van der Waals surface area contributed by atoms with Crippen LogP contribution in [0.15, 0.2) is 152 Å². The monoisotopic (exact) mass is 540 g/mol. The molecule has 2 nitrogen and oxygen atoms in total. The van der Waals surface area contributed by atoms with Crippen molar-refractivity contribution >= 4 is 61.1 Å². The normalized spacial score (nSPS) is 12.7. The van der Waals surface area contributed by atoms with Crippen molar-refractivity contribution in [3.05, 3.63) is 163 Å². The van der Waals surface area contributed by atoms with Crippen LogP contribution in [0.4, 0.5) is 22.7 Å². The highest BCUT2D eigenvalue weighted by Gasteiger charge is 2.17. The van der Waals surface area contributed by atoms with E-state index in [-0.39, 0.29) is 0 Å². The second-order valence-corrected chi connectivity index (χ2v) is 10.7. The number of para-hydroxylation sites is 1. The molecule has 1 aliphatic rings. The minimum absolute atomic E-state index is 0.963. The molecule has 7 rings (SSSR count). The zero-order chi connectivity index (χ0) is 28.6. The topological polar surface area (TPSA) is 6.48 Å². The van der Waals surface area contributed by atoms with E-state index in [0.29, 0.717) is 0 Å². The van der Waals surface area contributed by atoms with E-state index in [1.807, 2.05) is 18.2 Å². The predicted octanol–water partition coefficient (Wildman–Crippen LogP) is 9.92. The van der Waals surface area contributed by atoms with Gasteiger partial charge < -0.3 is 9.80 Å². The highest BCUT2D eigenvalue weighted by molar-refractivity contribution is 6.24. The third-order valence-electron chi connectivity index (χ3n) is 8.38. The lowest BCUT2D eigenvalue weighted by Gasteiger charge is -2.27. The fourth-order valence-electron chi connectivity index (χ4n) is 6.46. The van der Waals surface area contributed by atoms with Crippen molar-refractivity contribution in [3.63, 3.8) is 0 Å².